The Balaban J connectivity index is 2.42. The number of nitro groups is 1. The standard InChI is InChI=1S/C14H12FNO4/c1-9-2-4-11(15)7-14(9)20-13-5-3-10(8-17)6-12(13)16(18)19/h2-7,17H,8H2,1H3. The van der Waals surface area contributed by atoms with Crippen molar-refractivity contribution in [1.29, 1.82) is 0 Å². The molecule has 2 aromatic rings. The van der Waals surface area contributed by atoms with Crippen LogP contribution in [0, 0.1) is 22.9 Å². The maximum atomic E-state index is 13.2. The Morgan fingerprint density at radius 1 is 1.25 bits per heavy atom. The van der Waals surface area contributed by atoms with Gasteiger partial charge in [0.1, 0.15) is 11.6 Å². The van der Waals surface area contributed by atoms with Crippen molar-refractivity contribution < 1.29 is 19.2 Å². The number of aliphatic hydroxyl groups excluding tert-OH is 1. The van der Waals surface area contributed by atoms with Crippen molar-refractivity contribution in [2.45, 2.75) is 13.5 Å². The highest BCUT2D eigenvalue weighted by Crippen LogP contribution is 2.33. The van der Waals surface area contributed by atoms with Gasteiger partial charge < -0.3 is 9.84 Å². The largest absolute Gasteiger partial charge is 0.450 e. The molecule has 0 bridgehead atoms. The van der Waals surface area contributed by atoms with Gasteiger partial charge in [0.15, 0.2) is 0 Å². The van der Waals surface area contributed by atoms with Crippen LogP contribution in [0.15, 0.2) is 36.4 Å². The van der Waals surface area contributed by atoms with Gasteiger partial charge in [0.25, 0.3) is 0 Å². The molecule has 0 spiro atoms. The summed E-state index contributed by atoms with van der Waals surface area (Å²) >= 11 is 0. The van der Waals surface area contributed by atoms with E-state index in [1.54, 1.807) is 6.92 Å². The number of halogens is 1. The van der Waals surface area contributed by atoms with Crippen molar-refractivity contribution in [1.82, 2.24) is 0 Å². The molecule has 0 radical (unpaired) electrons. The van der Waals surface area contributed by atoms with Gasteiger partial charge in [0.05, 0.1) is 11.5 Å². The topological polar surface area (TPSA) is 72.6 Å². The highest BCUT2D eigenvalue weighted by atomic mass is 19.1. The lowest BCUT2D eigenvalue weighted by atomic mass is 10.2. The molecular weight excluding hydrogens is 265 g/mol. The molecule has 2 rings (SSSR count). The number of hydrogen-bond donors (Lipinski definition) is 1. The zero-order valence-electron chi connectivity index (χ0n) is 10.7. The lowest BCUT2D eigenvalue weighted by Gasteiger charge is -2.09. The Labute approximate surface area is 114 Å². The molecule has 0 aliphatic rings. The van der Waals surface area contributed by atoms with Crippen LogP contribution in [0.3, 0.4) is 0 Å². The first-order valence-electron chi connectivity index (χ1n) is 5.83. The quantitative estimate of drug-likeness (QED) is 0.687. The fourth-order valence-corrected chi connectivity index (χ4v) is 1.69. The third kappa shape index (κ3) is 2.92. The van der Waals surface area contributed by atoms with E-state index in [2.05, 4.69) is 0 Å². The summed E-state index contributed by atoms with van der Waals surface area (Å²) in [6, 6.07) is 8.10. The van der Waals surface area contributed by atoms with Gasteiger partial charge in [-0.25, -0.2) is 4.39 Å². The predicted molar refractivity (Wildman–Crippen MR) is 70.2 cm³/mol. The van der Waals surface area contributed by atoms with E-state index in [1.807, 2.05) is 0 Å². The van der Waals surface area contributed by atoms with Crippen molar-refractivity contribution in [2.24, 2.45) is 0 Å². The van der Waals surface area contributed by atoms with E-state index in [4.69, 9.17) is 9.84 Å². The molecule has 0 unspecified atom stereocenters. The summed E-state index contributed by atoms with van der Waals surface area (Å²) in [7, 11) is 0. The lowest BCUT2D eigenvalue weighted by Crippen LogP contribution is -1.96. The van der Waals surface area contributed by atoms with Gasteiger partial charge in [-0.1, -0.05) is 12.1 Å². The number of nitro benzene ring substituents is 1. The van der Waals surface area contributed by atoms with Crippen LogP contribution in [0.4, 0.5) is 10.1 Å². The molecule has 0 aliphatic heterocycles. The molecule has 0 saturated carbocycles. The van der Waals surface area contributed by atoms with Crippen LogP contribution in [-0.4, -0.2) is 10.0 Å². The molecule has 20 heavy (non-hydrogen) atoms. The zero-order valence-corrected chi connectivity index (χ0v) is 10.7. The summed E-state index contributed by atoms with van der Waals surface area (Å²) in [5.74, 6) is -0.272. The van der Waals surface area contributed by atoms with E-state index >= 15 is 0 Å². The molecule has 1 N–H and O–H groups in total. The van der Waals surface area contributed by atoms with Gasteiger partial charge in [0.2, 0.25) is 5.75 Å². The van der Waals surface area contributed by atoms with E-state index in [0.29, 0.717) is 11.1 Å². The first-order chi connectivity index (χ1) is 9.51. The van der Waals surface area contributed by atoms with E-state index < -0.39 is 10.7 Å². The van der Waals surface area contributed by atoms with E-state index in [0.717, 1.165) is 0 Å². The van der Waals surface area contributed by atoms with Gasteiger partial charge in [-0.15, -0.1) is 0 Å². The number of nitrogens with zero attached hydrogens (tertiary/aromatic N) is 1. The average Bonchev–Trinajstić information content (AvgIpc) is 2.43. The number of aryl methyl sites for hydroxylation is 1. The van der Waals surface area contributed by atoms with Crippen LogP contribution in [0.2, 0.25) is 0 Å². The first-order valence-corrected chi connectivity index (χ1v) is 5.83. The SMILES string of the molecule is Cc1ccc(F)cc1Oc1ccc(CO)cc1[N+](=O)[O-]. The maximum Gasteiger partial charge on any atom is 0.311 e. The summed E-state index contributed by atoms with van der Waals surface area (Å²) in [6.07, 6.45) is 0. The van der Waals surface area contributed by atoms with Gasteiger partial charge in [-0.2, -0.15) is 0 Å². The second-order valence-corrected chi connectivity index (χ2v) is 4.23. The predicted octanol–water partition coefficient (Wildman–Crippen LogP) is 3.33. The highest BCUT2D eigenvalue weighted by molar-refractivity contribution is 5.51. The molecule has 2 aromatic carbocycles. The molecule has 0 heterocycles. The third-order valence-corrected chi connectivity index (χ3v) is 2.77. The third-order valence-electron chi connectivity index (χ3n) is 2.77. The van der Waals surface area contributed by atoms with E-state index in [9.17, 15) is 14.5 Å². The van der Waals surface area contributed by atoms with Crippen LogP contribution in [0.5, 0.6) is 11.5 Å². The smallest absolute Gasteiger partial charge is 0.311 e. The molecule has 0 fully saturated rings. The van der Waals surface area contributed by atoms with Crippen LogP contribution >= 0.6 is 0 Å². The van der Waals surface area contributed by atoms with E-state index in [1.165, 1.54) is 36.4 Å². The summed E-state index contributed by atoms with van der Waals surface area (Å²) in [4.78, 5) is 10.4. The van der Waals surface area contributed by atoms with Gasteiger partial charge in [0, 0.05) is 12.1 Å². The van der Waals surface area contributed by atoms with Crippen LogP contribution in [0.25, 0.3) is 0 Å². The molecule has 0 atom stereocenters. The first kappa shape index (κ1) is 14.0. The molecule has 104 valence electrons. The van der Waals surface area contributed by atoms with Gasteiger partial charge in [-0.3, -0.25) is 10.1 Å². The van der Waals surface area contributed by atoms with Crippen molar-refractivity contribution in [2.75, 3.05) is 0 Å². The molecule has 0 aromatic heterocycles. The zero-order chi connectivity index (χ0) is 14.7. The second kappa shape index (κ2) is 5.66. The molecular formula is C14H12FNO4. The number of ether oxygens (including phenoxy) is 1. The highest BCUT2D eigenvalue weighted by Gasteiger charge is 2.17. The van der Waals surface area contributed by atoms with Crippen molar-refractivity contribution >= 4 is 5.69 Å². The fourth-order valence-electron chi connectivity index (χ4n) is 1.69. The van der Waals surface area contributed by atoms with Crippen molar-refractivity contribution in [3.63, 3.8) is 0 Å². The summed E-state index contributed by atoms with van der Waals surface area (Å²) < 4.78 is 18.6. The minimum absolute atomic E-state index is 0.000833. The fraction of sp³-hybridized carbons (Fsp3) is 0.143. The number of hydrogen-bond acceptors (Lipinski definition) is 4. The Bertz CT molecular complexity index is 658. The summed E-state index contributed by atoms with van der Waals surface area (Å²) in [6.45, 7) is 1.41. The van der Waals surface area contributed by atoms with Gasteiger partial charge in [-0.05, 0) is 30.2 Å². The van der Waals surface area contributed by atoms with Crippen molar-refractivity contribution in [3.8, 4) is 11.5 Å². The molecule has 0 aliphatic carbocycles. The summed E-state index contributed by atoms with van der Waals surface area (Å²) in [5.41, 5.74) is 0.784. The number of rotatable bonds is 4. The number of aliphatic hydroxyl groups is 1. The minimum Gasteiger partial charge on any atom is -0.450 e. The van der Waals surface area contributed by atoms with E-state index in [-0.39, 0.29) is 23.8 Å². The Morgan fingerprint density at radius 3 is 2.65 bits per heavy atom. The maximum absolute atomic E-state index is 13.2. The molecule has 0 amide bonds. The average molecular weight is 277 g/mol. The second-order valence-electron chi connectivity index (χ2n) is 4.23. The molecule has 5 nitrogen and oxygen atoms in total. The Hall–Kier alpha value is -2.47. The lowest BCUT2D eigenvalue weighted by molar-refractivity contribution is -0.385. The Morgan fingerprint density at radius 2 is 2.00 bits per heavy atom. The van der Waals surface area contributed by atoms with Crippen LogP contribution in [0.1, 0.15) is 11.1 Å². The normalized spacial score (nSPS) is 10.3. The number of benzene rings is 2. The Kier molecular flexibility index (Phi) is 3.95. The molecule has 0 saturated heterocycles. The van der Waals surface area contributed by atoms with Crippen LogP contribution in [-0.2, 0) is 6.61 Å². The monoisotopic (exact) mass is 277 g/mol. The van der Waals surface area contributed by atoms with Gasteiger partial charge >= 0.3 is 5.69 Å². The van der Waals surface area contributed by atoms with Crippen LogP contribution < -0.4 is 4.74 Å². The van der Waals surface area contributed by atoms with Crippen molar-refractivity contribution in [3.05, 3.63) is 63.5 Å². The molecule has 6 heteroatoms. The minimum atomic E-state index is -0.608. The summed E-state index contributed by atoms with van der Waals surface area (Å²) in [5, 5.41) is 20.0.